The molecule has 2 amide bonds. The van der Waals surface area contributed by atoms with Gasteiger partial charge in [-0.2, -0.15) is 0 Å². The zero-order chi connectivity index (χ0) is 18.0. The van der Waals surface area contributed by atoms with E-state index in [0.717, 1.165) is 10.5 Å². The lowest BCUT2D eigenvalue weighted by Gasteiger charge is -2.18. The molecule has 0 spiro atoms. The Morgan fingerprint density at radius 1 is 1.28 bits per heavy atom. The number of benzene rings is 2. The molecule has 6 heteroatoms. The van der Waals surface area contributed by atoms with E-state index in [-0.39, 0.29) is 23.5 Å². The van der Waals surface area contributed by atoms with Gasteiger partial charge in [0.2, 0.25) is 11.8 Å². The summed E-state index contributed by atoms with van der Waals surface area (Å²) >= 11 is 1.52. The lowest BCUT2D eigenvalue weighted by atomic mass is 9.87. The first-order valence-electron chi connectivity index (χ1n) is 7.98. The Balaban J connectivity index is 1.87. The number of halogens is 1. The van der Waals surface area contributed by atoms with Crippen molar-refractivity contribution in [2.75, 3.05) is 18.1 Å². The average molecular weight is 358 g/mol. The molecular weight excluding hydrogens is 339 g/mol. The number of hydrogen-bond acceptors (Lipinski definition) is 3. The number of thioether (sulfide) groups is 1. The molecule has 1 aliphatic heterocycles. The van der Waals surface area contributed by atoms with Gasteiger partial charge < -0.3 is 10.6 Å². The predicted octanol–water partition coefficient (Wildman–Crippen LogP) is 3.32. The second kappa shape index (κ2) is 7.27. The van der Waals surface area contributed by atoms with E-state index in [0.29, 0.717) is 17.8 Å². The smallest absolute Gasteiger partial charge is 0.237 e. The van der Waals surface area contributed by atoms with Crippen LogP contribution < -0.4 is 10.6 Å². The molecular formula is C19H19FN2O2S. The van der Waals surface area contributed by atoms with Crippen LogP contribution in [0.2, 0.25) is 0 Å². The summed E-state index contributed by atoms with van der Waals surface area (Å²) in [6.07, 6.45) is 1.92. The van der Waals surface area contributed by atoms with Crippen LogP contribution in [0.4, 0.5) is 10.1 Å². The molecule has 0 aliphatic carbocycles. The van der Waals surface area contributed by atoms with Crippen LogP contribution in [-0.4, -0.2) is 24.6 Å². The molecule has 0 bridgehead atoms. The molecule has 2 N–H and O–H groups in total. The van der Waals surface area contributed by atoms with E-state index in [2.05, 4.69) is 10.6 Å². The highest BCUT2D eigenvalue weighted by Gasteiger charge is 2.41. The molecule has 0 aromatic heterocycles. The standard InChI is InChI=1S/C19H19FN2O2S/c1-11-7-12(9-13(20)8-11)14-10-21-18(23)17(14)19(24)22-15-5-3-4-6-16(15)25-2/h3-9,14,17H,10H2,1-2H3,(H,21,23)(H,22,24)/t14-,17-/m1/s1. The van der Waals surface area contributed by atoms with Crippen LogP contribution >= 0.6 is 11.8 Å². The number of aryl methyl sites for hydroxylation is 1. The van der Waals surface area contributed by atoms with Crippen LogP contribution in [0.3, 0.4) is 0 Å². The maximum atomic E-state index is 13.7. The topological polar surface area (TPSA) is 58.2 Å². The zero-order valence-corrected chi connectivity index (χ0v) is 14.8. The number of rotatable bonds is 4. The molecule has 4 nitrogen and oxygen atoms in total. The van der Waals surface area contributed by atoms with Crippen LogP contribution in [0.25, 0.3) is 0 Å². The van der Waals surface area contributed by atoms with Crippen LogP contribution in [-0.2, 0) is 9.59 Å². The van der Waals surface area contributed by atoms with Gasteiger partial charge in [-0.05, 0) is 48.6 Å². The minimum atomic E-state index is -0.879. The maximum Gasteiger partial charge on any atom is 0.237 e. The number of amides is 2. The van der Waals surface area contributed by atoms with E-state index >= 15 is 0 Å². The van der Waals surface area contributed by atoms with E-state index < -0.39 is 5.92 Å². The lowest BCUT2D eigenvalue weighted by Crippen LogP contribution is -2.32. The van der Waals surface area contributed by atoms with Gasteiger partial charge in [-0.1, -0.05) is 18.2 Å². The molecule has 0 radical (unpaired) electrons. The Morgan fingerprint density at radius 2 is 2.04 bits per heavy atom. The summed E-state index contributed by atoms with van der Waals surface area (Å²) < 4.78 is 13.7. The van der Waals surface area contributed by atoms with Crippen molar-refractivity contribution >= 4 is 29.3 Å². The van der Waals surface area contributed by atoms with E-state index in [1.165, 1.54) is 23.9 Å². The second-order valence-corrected chi connectivity index (χ2v) is 6.93. The highest BCUT2D eigenvalue weighted by atomic mass is 32.2. The van der Waals surface area contributed by atoms with Gasteiger partial charge >= 0.3 is 0 Å². The first-order valence-corrected chi connectivity index (χ1v) is 9.20. The van der Waals surface area contributed by atoms with Crippen molar-refractivity contribution in [1.82, 2.24) is 5.32 Å². The summed E-state index contributed by atoms with van der Waals surface area (Å²) in [4.78, 5) is 25.9. The highest BCUT2D eigenvalue weighted by molar-refractivity contribution is 7.98. The Labute approximate surface area is 150 Å². The van der Waals surface area contributed by atoms with E-state index in [9.17, 15) is 14.0 Å². The Bertz CT molecular complexity index is 805. The third-order valence-electron chi connectivity index (χ3n) is 4.32. The average Bonchev–Trinajstić information content (AvgIpc) is 2.96. The molecule has 25 heavy (non-hydrogen) atoms. The molecule has 2 atom stereocenters. The van der Waals surface area contributed by atoms with Crippen molar-refractivity contribution in [2.45, 2.75) is 17.7 Å². The molecule has 1 saturated heterocycles. The summed E-state index contributed by atoms with van der Waals surface area (Å²) in [5.74, 6) is -2.32. The largest absolute Gasteiger partial charge is 0.355 e. The summed E-state index contributed by atoms with van der Waals surface area (Å²) in [5.41, 5.74) is 2.10. The van der Waals surface area contributed by atoms with Gasteiger partial charge in [0.05, 0.1) is 5.69 Å². The van der Waals surface area contributed by atoms with Crippen molar-refractivity contribution in [2.24, 2.45) is 5.92 Å². The number of hydrogen-bond donors (Lipinski definition) is 2. The minimum Gasteiger partial charge on any atom is -0.355 e. The summed E-state index contributed by atoms with van der Waals surface area (Å²) in [7, 11) is 0. The van der Waals surface area contributed by atoms with Crippen molar-refractivity contribution in [3.63, 3.8) is 0 Å². The second-order valence-electron chi connectivity index (χ2n) is 6.08. The lowest BCUT2D eigenvalue weighted by molar-refractivity contribution is -0.130. The van der Waals surface area contributed by atoms with E-state index in [4.69, 9.17) is 0 Å². The molecule has 2 aromatic rings. The van der Waals surface area contributed by atoms with Crippen molar-refractivity contribution in [3.05, 3.63) is 59.4 Å². The highest BCUT2D eigenvalue weighted by Crippen LogP contribution is 2.32. The summed E-state index contributed by atoms with van der Waals surface area (Å²) in [6.45, 7) is 2.12. The van der Waals surface area contributed by atoms with Crippen LogP contribution in [0.15, 0.2) is 47.4 Å². The van der Waals surface area contributed by atoms with Gasteiger partial charge in [-0.3, -0.25) is 9.59 Å². The zero-order valence-electron chi connectivity index (χ0n) is 14.0. The van der Waals surface area contributed by atoms with Gasteiger partial charge in [-0.25, -0.2) is 4.39 Å². The fourth-order valence-corrected chi connectivity index (χ4v) is 3.72. The third kappa shape index (κ3) is 3.69. The molecule has 3 rings (SSSR count). The maximum absolute atomic E-state index is 13.7. The Kier molecular flexibility index (Phi) is 5.08. The van der Waals surface area contributed by atoms with Crippen LogP contribution in [0, 0.1) is 18.7 Å². The van der Waals surface area contributed by atoms with Crippen molar-refractivity contribution < 1.29 is 14.0 Å². The van der Waals surface area contributed by atoms with Gasteiger partial charge in [-0.15, -0.1) is 11.8 Å². The molecule has 1 heterocycles. The Morgan fingerprint density at radius 3 is 2.76 bits per heavy atom. The van der Waals surface area contributed by atoms with Crippen molar-refractivity contribution in [3.8, 4) is 0 Å². The summed E-state index contributed by atoms with van der Waals surface area (Å²) in [6, 6.07) is 12.1. The number of anilines is 1. The van der Waals surface area contributed by atoms with E-state index in [1.54, 1.807) is 13.0 Å². The van der Waals surface area contributed by atoms with Crippen LogP contribution in [0.5, 0.6) is 0 Å². The molecule has 2 aromatic carbocycles. The molecule has 0 saturated carbocycles. The summed E-state index contributed by atoms with van der Waals surface area (Å²) in [5, 5.41) is 5.57. The van der Waals surface area contributed by atoms with Crippen molar-refractivity contribution in [1.29, 1.82) is 0 Å². The molecule has 1 fully saturated rings. The number of carbonyl (C=O) groups is 2. The minimum absolute atomic E-state index is 0.323. The quantitative estimate of drug-likeness (QED) is 0.651. The number of carbonyl (C=O) groups excluding carboxylic acids is 2. The van der Waals surface area contributed by atoms with Gasteiger partial charge in [0.25, 0.3) is 0 Å². The first kappa shape index (κ1) is 17.5. The normalized spacial score (nSPS) is 19.6. The molecule has 130 valence electrons. The number of nitrogens with one attached hydrogen (secondary N) is 2. The SMILES string of the molecule is CSc1ccccc1NC(=O)[C@H]1C(=O)NC[C@@H]1c1cc(C)cc(F)c1. The predicted molar refractivity (Wildman–Crippen MR) is 97.2 cm³/mol. The first-order chi connectivity index (χ1) is 12.0. The number of para-hydroxylation sites is 1. The third-order valence-corrected chi connectivity index (χ3v) is 5.12. The van der Waals surface area contributed by atoms with Crippen LogP contribution in [0.1, 0.15) is 17.0 Å². The monoisotopic (exact) mass is 358 g/mol. The van der Waals surface area contributed by atoms with Gasteiger partial charge in [0.1, 0.15) is 11.7 Å². The van der Waals surface area contributed by atoms with Gasteiger partial charge in [0.15, 0.2) is 0 Å². The van der Waals surface area contributed by atoms with E-state index in [1.807, 2.05) is 30.5 Å². The Hall–Kier alpha value is -2.34. The van der Waals surface area contributed by atoms with Gasteiger partial charge in [0, 0.05) is 17.4 Å². The fourth-order valence-electron chi connectivity index (χ4n) is 3.17. The molecule has 1 aliphatic rings. The molecule has 0 unspecified atom stereocenters. The fraction of sp³-hybridized carbons (Fsp3) is 0.263.